The zero-order chi connectivity index (χ0) is 21.6. The first-order valence-corrected chi connectivity index (χ1v) is 10.7. The number of halogens is 1. The average Bonchev–Trinajstić information content (AvgIpc) is 2.74. The molecular formula is C21H18ClN3O4S. The molecule has 0 heterocycles. The fourth-order valence-corrected chi connectivity index (χ4v) is 3.72. The maximum atomic E-state index is 12.4. The van der Waals surface area contributed by atoms with Gasteiger partial charge in [-0.2, -0.15) is 0 Å². The van der Waals surface area contributed by atoms with Crippen molar-refractivity contribution in [2.24, 2.45) is 0 Å². The van der Waals surface area contributed by atoms with E-state index in [1.165, 1.54) is 24.3 Å². The number of hydrogen-bond acceptors (Lipinski definition) is 4. The Morgan fingerprint density at radius 2 is 1.43 bits per heavy atom. The standard InChI is InChI=1S/C21H18ClN3O4S/c22-17-10-6-15(7-11-17)14-20(26)23-24-21(27)16-8-12-19(13-9-16)30(28,29)25-18-4-2-1-3-5-18/h1-13,25H,14H2,(H,23,26)(H,24,27). The second-order valence-electron chi connectivity index (χ2n) is 6.30. The highest BCUT2D eigenvalue weighted by Crippen LogP contribution is 2.16. The van der Waals surface area contributed by atoms with Gasteiger partial charge >= 0.3 is 0 Å². The summed E-state index contributed by atoms with van der Waals surface area (Å²) in [5, 5.41) is 0.567. The van der Waals surface area contributed by atoms with Gasteiger partial charge in [0.25, 0.3) is 15.9 Å². The molecule has 3 aromatic rings. The SMILES string of the molecule is O=C(Cc1ccc(Cl)cc1)NNC(=O)c1ccc(S(=O)(=O)Nc2ccccc2)cc1. The molecule has 0 bridgehead atoms. The lowest BCUT2D eigenvalue weighted by Crippen LogP contribution is -2.42. The van der Waals surface area contributed by atoms with E-state index in [0.717, 1.165) is 5.56 Å². The minimum Gasteiger partial charge on any atom is -0.280 e. The van der Waals surface area contributed by atoms with Crippen LogP contribution in [-0.2, 0) is 21.2 Å². The molecule has 154 valence electrons. The summed E-state index contributed by atoms with van der Waals surface area (Å²) in [5.41, 5.74) is 5.99. The van der Waals surface area contributed by atoms with Gasteiger partial charge < -0.3 is 0 Å². The van der Waals surface area contributed by atoms with E-state index in [1.54, 1.807) is 54.6 Å². The quantitative estimate of drug-likeness (QED) is 0.509. The molecule has 0 fully saturated rings. The number of carbonyl (C=O) groups is 2. The van der Waals surface area contributed by atoms with Gasteiger partial charge in [0.05, 0.1) is 11.3 Å². The average molecular weight is 444 g/mol. The molecule has 0 radical (unpaired) electrons. The van der Waals surface area contributed by atoms with Crippen molar-refractivity contribution in [3.8, 4) is 0 Å². The first-order valence-electron chi connectivity index (χ1n) is 8.85. The summed E-state index contributed by atoms with van der Waals surface area (Å²) in [5.74, 6) is -0.976. The van der Waals surface area contributed by atoms with Gasteiger partial charge in [-0.3, -0.25) is 25.2 Å². The van der Waals surface area contributed by atoms with E-state index in [1.807, 2.05) is 0 Å². The third-order valence-corrected chi connectivity index (χ3v) is 5.70. The normalized spacial score (nSPS) is 10.8. The zero-order valence-corrected chi connectivity index (χ0v) is 17.2. The molecule has 3 aromatic carbocycles. The molecule has 0 atom stereocenters. The van der Waals surface area contributed by atoms with Crippen molar-refractivity contribution in [2.45, 2.75) is 11.3 Å². The Kier molecular flexibility index (Phi) is 6.71. The van der Waals surface area contributed by atoms with Gasteiger partial charge in [-0.1, -0.05) is 41.9 Å². The number of benzene rings is 3. The van der Waals surface area contributed by atoms with Crippen molar-refractivity contribution < 1.29 is 18.0 Å². The van der Waals surface area contributed by atoms with E-state index in [-0.39, 0.29) is 16.9 Å². The third-order valence-electron chi connectivity index (χ3n) is 4.05. The molecule has 3 N–H and O–H groups in total. The predicted molar refractivity (Wildman–Crippen MR) is 114 cm³/mol. The highest BCUT2D eigenvalue weighted by atomic mass is 35.5. The van der Waals surface area contributed by atoms with E-state index < -0.39 is 21.8 Å². The molecule has 7 nitrogen and oxygen atoms in total. The lowest BCUT2D eigenvalue weighted by molar-refractivity contribution is -0.121. The van der Waals surface area contributed by atoms with E-state index in [0.29, 0.717) is 10.7 Å². The maximum absolute atomic E-state index is 12.4. The van der Waals surface area contributed by atoms with E-state index in [4.69, 9.17) is 11.6 Å². The van der Waals surface area contributed by atoms with E-state index in [9.17, 15) is 18.0 Å². The fraction of sp³-hybridized carbons (Fsp3) is 0.0476. The van der Waals surface area contributed by atoms with Gasteiger partial charge in [-0.15, -0.1) is 0 Å². The molecule has 2 amide bonds. The summed E-state index contributed by atoms with van der Waals surface area (Å²) >= 11 is 5.80. The van der Waals surface area contributed by atoms with Gasteiger partial charge in [-0.05, 0) is 54.1 Å². The number of hydrogen-bond donors (Lipinski definition) is 3. The number of hydrazine groups is 1. The van der Waals surface area contributed by atoms with Crippen LogP contribution in [0.3, 0.4) is 0 Å². The highest BCUT2D eigenvalue weighted by Gasteiger charge is 2.15. The van der Waals surface area contributed by atoms with Crippen LogP contribution in [0.1, 0.15) is 15.9 Å². The Balaban J connectivity index is 1.56. The molecule has 0 aromatic heterocycles. The van der Waals surface area contributed by atoms with Gasteiger partial charge in [-0.25, -0.2) is 8.42 Å². The van der Waals surface area contributed by atoms with Crippen LogP contribution in [0.25, 0.3) is 0 Å². The van der Waals surface area contributed by atoms with Crippen molar-refractivity contribution >= 4 is 39.1 Å². The van der Waals surface area contributed by atoms with Crippen LogP contribution in [0.2, 0.25) is 5.02 Å². The minimum atomic E-state index is -3.78. The molecule has 0 spiro atoms. The van der Waals surface area contributed by atoms with Gasteiger partial charge in [0, 0.05) is 16.3 Å². The van der Waals surface area contributed by atoms with Crippen LogP contribution >= 0.6 is 11.6 Å². The third kappa shape index (κ3) is 5.82. The fourth-order valence-electron chi connectivity index (χ4n) is 2.54. The number of anilines is 1. The van der Waals surface area contributed by atoms with Crippen LogP contribution in [0.5, 0.6) is 0 Å². The van der Waals surface area contributed by atoms with Gasteiger partial charge in [0.15, 0.2) is 0 Å². The topological polar surface area (TPSA) is 104 Å². The Morgan fingerprint density at radius 3 is 2.07 bits per heavy atom. The number of amides is 2. The first-order chi connectivity index (χ1) is 14.3. The Labute approximate surface area is 179 Å². The molecule has 0 saturated carbocycles. The zero-order valence-electron chi connectivity index (χ0n) is 15.6. The molecule has 3 rings (SSSR count). The summed E-state index contributed by atoms with van der Waals surface area (Å²) in [7, 11) is -3.78. The summed E-state index contributed by atoms with van der Waals surface area (Å²) in [4.78, 5) is 24.1. The summed E-state index contributed by atoms with van der Waals surface area (Å²) < 4.78 is 27.3. The Morgan fingerprint density at radius 1 is 0.800 bits per heavy atom. The number of carbonyl (C=O) groups excluding carboxylic acids is 2. The summed E-state index contributed by atoms with van der Waals surface area (Å²) in [6, 6.07) is 20.6. The lowest BCUT2D eigenvalue weighted by atomic mass is 10.1. The monoisotopic (exact) mass is 443 g/mol. The van der Waals surface area contributed by atoms with Crippen LogP contribution in [0, 0.1) is 0 Å². The van der Waals surface area contributed by atoms with Gasteiger partial charge in [0.2, 0.25) is 5.91 Å². The Hall–Kier alpha value is -3.36. The molecule has 0 aliphatic carbocycles. The number of nitrogens with one attached hydrogen (secondary N) is 3. The number of para-hydroxylation sites is 1. The van der Waals surface area contributed by atoms with Gasteiger partial charge in [0.1, 0.15) is 0 Å². The van der Waals surface area contributed by atoms with Crippen molar-refractivity contribution in [1.82, 2.24) is 10.9 Å². The van der Waals surface area contributed by atoms with Crippen molar-refractivity contribution in [2.75, 3.05) is 4.72 Å². The molecule has 0 saturated heterocycles. The van der Waals surface area contributed by atoms with E-state index in [2.05, 4.69) is 15.6 Å². The lowest BCUT2D eigenvalue weighted by Gasteiger charge is -2.10. The second kappa shape index (κ2) is 9.43. The predicted octanol–water partition coefficient (Wildman–Crippen LogP) is 3.14. The van der Waals surface area contributed by atoms with Crippen molar-refractivity contribution in [1.29, 1.82) is 0 Å². The maximum Gasteiger partial charge on any atom is 0.269 e. The second-order valence-corrected chi connectivity index (χ2v) is 8.42. The number of sulfonamides is 1. The number of rotatable bonds is 6. The Bertz CT molecular complexity index is 1130. The van der Waals surface area contributed by atoms with Crippen molar-refractivity contribution in [3.63, 3.8) is 0 Å². The van der Waals surface area contributed by atoms with Crippen LogP contribution in [0.4, 0.5) is 5.69 Å². The smallest absolute Gasteiger partial charge is 0.269 e. The molecular weight excluding hydrogens is 426 g/mol. The molecule has 30 heavy (non-hydrogen) atoms. The molecule has 0 aliphatic heterocycles. The largest absolute Gasteiger partial charge is 0.280 e. The molecule has 9 heteroatoms. The molecule has 0 unspecified atom stereocenters. The molecule has 0 aliphatic rings. The highest BCUT2D eigenvalue weighted by molar-refractivity contribution is 7.92. The van der Waals surface area contributed by atoms with Crippen molar-refractivity contribution in [3.05, 3.63) is 95.0 Å². The summed E-state index contributed by atoms with van der Waals surface area (Å²) in [6.07, 6.45) is 0.0692. The van der Waals surface area contributed by atoms with Crippen LogP contribution < -0.4 is 15.6 Å². The first kappa shape index (κ1) is 21.4. The van der Waals surface area contributed by atoms with Crippen LogP contribution in [0.15, 0.2) is 83.8 Å². The summed E-state index contributed by atoms with van der Waals surface area (Å²) in [6.45, 7) is 0. The van der Waals surface area contributed by atoms with Crippen LogP contribution in [-0.4, -0.2) is 20.2 Å². The van der Waals surface area contributed by atoms with E-state index >= 15 is 0 Å². The minimum absolute atomic E-state index is 0.00896.